The first-order valence-corrected chi connectivity index (χ1v) is 19.0. The minimum Gasteiger partial charge on any atom is -0.410 e. The van der Waals surface area contributed by atoms with Crippen molar-refractivity contribution in [3.8, 4) is 11.1 Å². The molecule has 2 aliphatic rings. The van der Waals surface area contributed by atoms with Crippen LogP contribution in [0, 0.1) is 5.41 Å². The van der Waals surface area contributed by atoms with E-state index in [4.69, 9.17) is 9.41 Å². The van der Waals surface area contributed by atoms with Crippen LogP contribution in [0.4, 0.5) is 13.2 Å². The number of alkyl halides is 3. The van der Waals surface area contributed by atoms with Gasteiger partial charge in [-0.05, 0) is 94.9 Å². The Morgan fingerprint density at radius 1 is 1.05 bits per heavy atom. The highest BCUT2D eigenvalue weighted by Gasteiger charge is 2.45. The summed E-state index contributed by atoms with van der Waals surface area (Å²) in [7, 11) is -2.20. The van der Waals surface area contributed by atoms with E-state index < -0.39 is 26.2 Å². The van der Waals surface area contributed by atoms with Gasteiger partial charge in [0.1, 0.15) is 6.10 Å². The van der Waals surface area contributed by atoms with Crippen LogP contribution in [-0.2, 0) is 17.0 Å². The minimum atomic E-state index is -4.44. The third-order valence-electron chi connectivity index (χ3n) is 9.71. The highest BCUT2D eigenvalue weighted by Crippen LogP contribution is 2.53. The molecule has 0 spiro atoms. The van der Waals surface area contributed by atoms with Gasteiger partial charge in [-0.1, -0.05) is 59.6 Å². The predicted octanol–water partition coefficient (Wildman–Crippen LogP) is 10.6. The van der Waals surface area contributed by atoms with Gasteiger partial charge in [-0.3, -0.25) is 4.98 Å². The first-order chi connectivity index (χ1) is 19.5. The lowest BCUT2D eigenvalue weighted by Crippen LogP contribution is -2.44. The summed E-state index contributed by atoms with van der Waals surface area (Å²) >= 11 is 1.60. The maximum absolute atomic E-state index is 13.4. The van der Waals surface area contributed by atoms with Crippen molar-refractivity contribution < 1.29 is 22.7 Å². The topological polar surface area (TPSA) is 42.4 Å². The first-order valence-electron chi connectivity index (χ1n) is 15.1. The molecule has 1 saturated carbocycles. The summed E-state index contributed by atoms with van der Waals surface area (Å²) in [5.41, 5.74) is 5.43. The van der Waals surface area contributed by atoms with E-state index in [9.17, 15) is 18.3 Å². The highest BCUT2D eigenvalue weighted by atomic mass is 32.1. The number of aliphatic hydroxyl groups is 1. The molecule has 0 aliphatic heterocycles. The second-order valence-corrected chi connectivity index (χ2v) is 20.1. The number of halogens is 3. The van der Waals surface area contributed by atoms with E-state index in [-0.39, 0.29) is 22.5 Å². The Morgan fingerprint density at radius 2 is 1.69 bits per heavy atom. The lowest BCUT2D eigenvalue weighted by molar-refractivity contribution is -0.137. The van der Waals surface area contributed by atoms with Gasteiger partial charge < -0.3 is 9.53 Å². The molecule has 1 fully saturated rings. The summed E-state index contributed by atoms with van der Waals surface area (Å²) in [5, 5.41) is 16.3. The zero-order valence-electron chi connectivity index (χ0n) is 25.9. The number of nitrogens with zero attached hydrogens (tertiary/aromatic N) is 1. The Hall–Kier alpha value is -2.00. The molecule has 0 bridgehead atoms. The van der Waals surface area contributed by atoms with Gasteiger partial charge >= 0.3 is 6.18 Å². The summed E-state index contributed by atoms with van der Waals surface area (Å²) in [5.74, 6) is 0.205. The fraction of sp³-hybridized carbons (Fsp3) is 0.559. The molecule has 0 saturated heterocycles. The molecule has 0 unspecified atom stereocenters. The number of pyridine rings is 1. The lowest BCUT2D eigenvalue weighted by Gasteiger charge is -2.45. The fourth-order valence-corrected chi connectivity index (χ4v) is 8.37. The Kier molecular flexibility index (Phi) is 8.36. The summed E-state index contributed by atoms with van der Waals surface area (Å²) in [6, 6.07) is 7.04. The Morgan fingerprint density at radius 3 is 2.24 bits per heavy atom. The highest BCUT2D eigenvalue weighted by molar-refractivity contribution is 7.08. The molecule has 1 N–H and O–H groups in total. The lowest BCUT2D eigenvalue weighted by atomic mass is 9.71. The molecule has 42 heavy (non-hydrogen) atoms. The van der Waals surface area contributed by atoms with Crippen LogP contribution in [0.25, 0.3) is 11.1 Å². The maximum Gasteiger partial charge on any atom is 0.416 e. The minimum absolute atomic E-state index is 0.0110. The molecule has 8 heteroatoms. The molecular formula is C34H44F3NO2SSi. The molecule has 5 rings (SSSR count). The van der Waals surface area contributed by atoms with E-state index in [0.29, 0.717) is 5.56 Å². The molecule has 2 aromatic heterocycles. The van der Waals surface area contributed by atoms with E-state index in [1.165, 1.54) is 12.1 Å². The van der Waals surface area contributed by atoms with Crippen LogP contribution in [0.2, 0.25) is 18.1 Å². The summed E-state index contributed by atoms with van der Waals surface area (Å²) in [6.45, 7) is 15.8. The molecule has 0 amide bonds. The maximum atomic E-state index is 13.4. The number of fused-ring (bicyclic) bond motifs is 1. The first kappa shape index (κ1) is 31.4. The van der Waals surface area contributed by atoms with Gasteiger partial charge in [0.25, 0.3) is 0 Å². The van der Waals surface area contributed by atoms with Crippen molar-refractivity contribution in [1.29, 1.82) is 0 Å². The number of benzene rings is 1. The number of aromatic nitrogens is 1. The van der Waals surface area contributed by atoms with Crippen LogP contribution in [0.5, 0.6) is 0 Å². The van der Waals surface area contributed by atoms with E-state index in [0.717, 1.165) is 84.3 Å². The summed E-state index contributed by atoms with van der Waals surface area (Å²) in [6.07, 6.45) is 0.114. The van der Waals surface area contributed by atoms with E-state index in [1.807, 2.05) is 5.38 Å². The van der Waals surface area contributed by atoms with Crippen molar-refractivity contribution in [1.82, 2.24) is 4.98 Å². The summed E-state index contributed by atoms with van der Waals surface area (Å²) in [4.78, 5) is 5.41. The monoisotopic (exact) mass is 615 g/mol. The van der Waals surface area contributed by atoms with Gasteiger partial charge in [0.2, 0.25) is 0 Å². The molecule has 228 valence electrons. The third-order valence-corrected chi connectivity index (χ3v) is 14.9. The van der Waals surface area contributed by atoms with E-state index >= 15 is 0 Å². The third kappa shape index (κ3) is 6.15. The summed E-state index contributed by atoms with van der Waals surface area (Å²) < 4.78 is 47.4. The van der Waals surface area contributed by atoms with Crippen molar-refractivity contribution in [2.24, 2.45) is 5.41 Å². The molecule has 2 heterocycles. The number of hydrogen-bond acceptors (Lipinski definition) is 4. The van der Waals surface area contributed by atoms with Gasteiger partial charge in [0.15, 0.2) is 8.32 Å². The van der Waals surface area contributed by atoms with Crippen LogP contribution in [-0.4, -0.2) is 18.4 Å². The van der Waals surface area contributed by atoms with Crippen molar-refractivity contribution in [2.45, 2.75) is 116 Å². The average Bonchev–Trinajstić information content (AvgIpc) is 3.60. The van der Waals surface area contributed by atoms with Gasteiger partial charge in [-0.15, -0.1) is 0 Å². The Balaban J connectivity index is 1.77. The zero-order valence-corrected chi connectivity index (χ0v) is 27.7. The van der Waals surface area contributed by atoms with Crippen LogP contribution >= 0.6 is 11.3 Å². The Labute approximate surface area is 253 Å². The molecule has 1 aromatic carbocycles. The quantitative estimate of drug-likeness (QED) is 0.281. The van der Waals surface area contributed by atoms with Crippen LogP contribution in [0.3, 0.4) is 0 Å². The van der Waals surface area contributed by atoms with E-state index in [2.05, 4.69) is 59.2 Å². The van der Waals surface area contributed by atoms with Crippen molar-refractivity contribution >= 4 is 19.7 Å². The standard InChI is InChI=1S/C34H44F3NO2SSi/c1-32(2,3)42(6,7)40-26-19-33(4,5)18-25-28(26)27(23-16-17-41-20-23)29(30(38-25)21-10-8-9-11-21)31(39)22-12-14-24(15-13-22)34(35,36)37/h12-17,20-21,26,31,39H,8-11,18-19H2,1-7H3/t26-,31+/m0/s1. The van der Waals surface area contributed by atoms with Crippen LogP contribution in [0.15, 0.2) is 41.1 Å². The molecular weight excluding hydrogens is 572 g/mol. The normalized spacial score (nSPS) is 20.5. The number of aliphatic hydroxyl groups excluding tert-OH is 1. The average molecular weight is 616 g/mol. The SMILES string of the molecule is CC1(C)Cc2nc(C3CCCC3)c([C@H](O)c3ccc(C(F)(F)F)cc3)c(-c3ccsc3)c2[C@@H](O[Si](C)(C)C(C)(C)C)C1. The van der Waals surface area contributed by atoms with Gasteiger partial charge in [0.05, 0.1) is 17.4 Å². The zero-order chi connectivity index (χ0) is 30.7. The molecule has 2 atom stereocenters. The number of thiophene rings is 1. The van der Waals surface area contributed by atoms with Crippen LogP contribution in [0.1, 0.15) is 118 Å². The Bertz CT molecular complexity index is 1400. The smallest absolute Gasteiger partial charge is 0.410 e. The van der Waals surface area contributed by atoms with Crippen molar-refractivity contribution in [3.05, 3.63) is 74.7 Å². The van der Waals surface area contributed by atoms with Crippen molar-refractivity contribution in [3.63, 3.8) is 0 Å². The molecule has 0 radical (unpaired) electrons. The fourth-order valence-electron chi connectivity index (χ4n) is 6.45. The number of hydrogen-bond donors (Lipinski definition) is 1. The second-order valence-electron chi connectivity index (χ2n) is 14.6. The van der Waals surface area contributed by atoms with Gasteiger partial charge in [0, 0.05) is 22.7 Å². The molecule has 3 nitrogen and oxygen atoms in total. The molecule has 3 aromatic rings. The predicted molar refractivity (Wildman–Crippen MR) is 167 cm³/mol. The van der Waals surface area contributed by atoms with Crippen LogP contribution < -0.4 is 0 Å². The van der Waals surface area contributed by atoms with E-state index in [1.54, 1.807) is 11.3 Å². The molecule has 2 aliphatic carbocycles. The number of rotatable bonds is 6. The van der Waals surface area contributed by atoms with Gasteiger partial charge in [-0.25, -0.2) is 0 Å². The largest absolute Gasteiger partial charge is 0.416 e. The van der Waals surface area contributed by atoms with Gasteiger partial charge in [-0.2, -0.15) is 24.5 Å². The second kappa shape index (κ2) is 11.2. The van der Waals surface area contributed by atoms with Crippen molar-refractivity contribution in [2.75, 3.05) is 0 Å².